The van der Waals surface area contributed by atoms with E-state index in [1.165, 1.54) is 0 Å². The Morgan fingerprint density at radius 1 is 1.26 bits per heavy atom. The first-order chi connectivity index (χ1) is 8.93. The van der Waals surface area contributed by atoms with Crippen molar-refractivity contribution < 1.29 is 14.7 Å². The molecule has 0 bridgehead atoms. The average Bonchev–Trinajstić information content (AvgIpc) is 2.37. The molecule has 5 heteroatoms. The van der Waals surface area contributed by atoms with Crippen LogP contribution in [0.4, 0.5) is 4.79 Å². The predicted molar refractivity (Wildman–Crippen MR) is 74.1 cm³/mol. The molecule has 1 aliphatic carbocycles. The highest BCUT2D eigenvalue weighted by Gasteiger charge is 2.40. The van der Waals surface area contributed by atoms with Crippen molar-refractivity contribution in [3.8, 4) is 0 Å². The second-order valence-electron chi connectivity index (χ2n) is 5.68. The van der Waals surface area contributed by atoms with Crippen molar-refractivity contribution in [3.05, 3.63) is 0 Å². The highest BCUT2D eigenvalue weighted by atomic mass is 16.4. The second-order valence-corrected chi connectivity index (χ2v) is 5.68. The molecule has 2 N–H and O–H groups in total. The smallest absolute Gasteiger partial charge is 0.317 e. The van der Waals surface area contributed by atoms with Gasteiger partial charge in [-0.2, -0.15) is 0 Å². The standard InChI is InChI=1S/C14H26N2O3/c1-4-16(11(2)3)13(19)15-10-14(12(17)18)8-6-5-7-9-14/h11H,4-10H2,1-3H3,(H,15,19)(H,17,18). The minimum atomic E-state index is -0.778. The molecule has 1 rings (SSSR count). The maximum Gasteiger partial charge on any atom is 0.317 e. The number of hydrogen-bond acceptors (Lipinski definition) is 2. The van der Waals surface area contributed by atoms with Gasteiger partial charge in [0.05, 0.1) is 5.41 Å². The molecule has 0 aromatic heterocycles. The number of amides is 2. The minimum absolute atomic E-state index is 0.122. The number of aliphatic carboxylic acids is 1. The number of nitrogens with zero attached hydrogens (tertiary/aromatic N) is 1. The number of carboxylic acid groups (broad SMARTS) is 1. The SMILES string of the molecule is CCN(C(=O)NCC1(C(=O)O)CCCCC1)C(C)C. The number of hydrogen-bond donors (Lipinski definition) is 2. The van der Waals surface area contributed by atoms with Crippen LogP contribution in [0, 0.1) is 5.41 Å². The van der Waals surface area contributed by atoms with Crippen LogP contribution < -0.4 is 5.32 Å². The molecule has 0 aliphatic heterocycles. The van der Waals surface area contributed by atoms with Gasteiger partial charge < -0.3 is 15.3 Å². The molecule has 110 valence electrons. The van der Waals surface area contributed by atoms with Crippen molar-refractivity contribution in [1.82, 2.24) is 10.2 Å². The molecule has 2 amide bonds. The van der Waals surface area contributed by atoms with E-state index in [2.05, 4.69) is 5.32 Å². The first-order valence-electron chi connectivity index (χ1n) is 7.21. The third-order valence-corrected chi connectivity index (χ3v) is 4.07. The van der Waals surface area contributed by atoms with Crippen LogP contribution in [0.3, 0.4) is 0 Å². The summed E-state index contributed by atoms with van der Waals surface area (Å²) in [6.45, 7) is 6.70. The summed E-state index contributed by atoms with van der Waals surface area (Å²) in [6.07, 6.45) is 4.29. The Bertz CT molecular complexity index is 323. The van der Waals surface area contributed by atoms with Gasteiger partial charge in [-0.3, -0.25) is 4.79 Å². The Kier molecular flexibility index (Phi) is 5.63. The van der Waals surface area contributed by atoms with Crippen LogP contribution in [-0.2, 0) is 4.79 Å². The highest BCUT2D eigenvalue weighted by Crippen LogP contribution is 2.36. The third-order valence-electron chi connectivity index (χ3n) is 4.07. The molecule has 1 aliphatic rings. The average molecular weight is 270 g/mol. The lowest BCUT2D eigenvalue weighted by Crippen LogP contribution is -2.50. The van der Waals surface area contributed by atoms with Crippen molar-refractivity contribution >= 4 is 12.0 Å². The van der Waals surface area contributed by atoms with E-state index in [1.54, 1.807) is 4.90 Å². The molecule has 0 atom stereocenters. The lowest BCUT2D eigenvalue weighted by atomic mass is 9.74. The molecule has 0 saturated heterocycles. The summed E-state index contributed by atoms with van der Waals surface area (Å²) in [6, 6.07) is -0.0409. The van der Waals surface area contributed by atoms with E-state index in [1.807, 2.05) is 20.8 Å². The molecule has 0 aromatic rings. The van der Waals surface area contributed by atoms with E-state index in [0.717, 1.165) is 19.3 Å². The van der Waals surface area contributed by atoms with Crippen molar-refractivity contribution in [2.24, 2.45) is 5.41 Å². The topological polar surface area (TPSA) is 69.6 Å². The van der Waals surface area contributed by atoms with E-state index in [9.17, 15) is 14.7 Å². The number of carbonyl (C=O) groups excluding carboxylic acids is 1. The summed E-state index contributed by atoms with van der Waals surface area (Å²) in [5.74, 6) is -0.778. The quantitative estimate of drug-likeness (QED) is 0.806. The Morgan fingerprint density at radius 2 is 1.84 bits per heavy atom. The first kappa shape index (κ1) is 15.8. The summed E-state index contributed by atoms with van der Waals surface area (Å²) >= 11 is 0. The minimum Gasteiger partial charge on any atom is -0.481 e. The molecule has 1 saturated carbocycles. The maximum atomic E-state index is 12.0. The summed E-state index contributed by atoms with van der Waals surface area (Å²) in [7, 11) is 0. The molecule has 0 heterocycles. The summed E-state index contributed by atoms with van der Waals surface area (Å²) in [5, 5.41) is 12.3. The molecule has 19 heavy (non-hydrogen) atoms. The molecule has 5 nitrogen and oxygen atoms in total. The van der Waals surface area contributed by atoms with Gasteiger partial charge in [0.1, 0.15) is 0 Å². The van der Waals surface area contributed by atoms with Crippen LogP contribution >= 0.6 is 0 Å². The summed E-state index contributed by atoms with van der Waals surface area (Å²) in [4.78, 5) is 25.2. The van der Waals surface area contributed by atoms with Gasteiger partial charge in [-0.05, 0) is 33.6 Å². The fourth-order valence-corrected chi connectivity index (χ4v) is 2.78. The lowest BCUT2D eigenvalue weighted by Gasteiger charge is -2.34. The third kappa shape index (κ3) is 3.85. The number of urea groups is 1. The zero-order valence-corrected chi connectivity index (χ0v) is 12.2. The second kappa shape index (κ2) is 6.78. The van der Waals surface area contributed by atoms with Crippen LogP contribution in [0.1, 0.15) is 52.9 Å². The predicted octanol–water partition coefficient (Wildman–Crippen LogP) is 2.46. The number of carbonyl (C=O) groups is 2. The van der Waals surface area contributed by atoms with Gasteiger partial charge in [-0.1, -0.05) is 19.3 Å². The number of carboxylic acids is 1. The van der Waals surface area contributed by atoms with E-state index >= 15 is 0 Å². The zero-order chi connectivity index (χ0) is 14.5. The van der Waals surface area contributed by atoms with E-state index < -0.39 is 11.4 Å². The van der Waals surface area contributed by atoms with E-state index in [0.29, 0.717) is 19.4 Å². The first-order valence-corrected chi connectivity index (χ1v) is 7.21. The van der Waals surface area contributed by atoms with Gasteiger partial charge in [0.15, 0.2) is 0 Å². The van der Waals surface area contributed by atoms with Crippen LogP contribution in [0.25, 0.3) is 0 Å². The van der Waals surface area contributed by atoms with Gasteiger partial charge >= 0.3 is 12.0 Å². The van der Waals surface area contributed by atoms with Crippen molar-refractivity contribution in [2.45, 2.75) is 58.9 Å². The fourth-order valence-electron chi connectivity index (χ4n) is 2.78. The molecule has 0 radical (unpaired) electrons. The normalized spacial score (nSPS) is 18.1. The molecule has 0 aromatic carbocycles. The molecular formula is C14H26N2O3. The molecule has 1 fully saturated rings. The van der Waals surface area contributed by atoms with Crippen molar-refractivity contribution in [2.75, 3.05) is 13.1 Å². The van der Waals surface area contributed by atoms with Gasteiger partial charge in [0.2, 0.25) is 0 Å². The van der Waals surface area contributed by atoms with Crippen molar-refractivity contribution in [1.29, 1.82) is 0 Å². The molecular weight excluding hydrogens is 244 g/mol. The van der Waals surface area contributed by atoms with E-state index in [-0.39, 0.29) is 18.6 Å². The number of nitrogens with one attached hydrogen (secondary N) is 1. The van der Waals surface area contributed by atoms with E-state index in [4.69, 9.17) is 0 Å². The van der Waals surface area contributed by atoms with Gasteiger partial charge in [0, 0.05) is 19.1 Å². The highest BCUT2D eigenvalue weighted by molar-refractivity contribution is 5.78. The van der Waals surface area contributed by atoms with Crippen molar-refractivity contribution in [3.63, 3.8) is 0 Å². The Hall–Kier alpha value is -1.26. The van der Waals surface area contributed by atoms with Gasteiger partial charge in [0.25, 0.3) is 0 Å². The molecule has 0 spiro atoms. The lowest BCUT2D eigenvalue weighted by molar-refractivity contribution is -0.150. The van der Waals surface area contributed by atoms with Crippen LogP contribution in [-0.4, -0.2) is 41.1 Å². The van der Waals surface area contributed by atoms with Gasteiger partial charge in [-0.15, -0.1) is 0 Å². The summed E-state index contributed by atoms with van der Waals surface area (Å²) in [5.41, 5.74) is -0.760. The Balaban J connectivity index is 2.61. The maximum absolute atomic E-state index is 12.0. The molecule has 0 unspecified atom stereocenters. The summed E-state index contributed by atoms with van der Waals surface area (Å²) < 4.78 is 0. The fraction of sp³-hybridized carbons (Fsp3) is 0.857. The number of rotatable bonds is 5. The van der Waals surface area contributed by atoms with Crippen LogP contribution in [0.5, 0.6) is 0 Å². The monoisotopic (exact) mass is 270 g/mol. The Morgan fingerprint density at radius 3 is 2.26 bits per heavy atom. The largest absolute Gasteiger partial charge is 0.481 e. The van der Waals surface area contributed by atoms with Crippen LogP contribution in [0.2, 0.25) is 0 Å². The zero-order valence-electron chi connectivity index (χ0n) is 12.2. The Labute approximate surface area is 115 Å². The van der Waals surface area contributed by atoms with Gasteiger partial charge in [-0.25, -0.2) is 4.79 Å². The van der Waals surface area contributed by atoms with Crippen LogP contribution in [0.15, 0.2) is 0 Å².